The number of anilines is 1. The van der Waals surface area contributed by atoms with E-state index in [4.69, 9.17) is 9.47 Å². The van der Waals surface area contributed by atoms with E-state index in [9.17, 15) is 0 Å². The Hall–Kier alpha value is -2.23. The van der Waals surface area contributed by atoms with Gasteiger partial charge in [-0.15, -0.1) is 0 Å². The third-order valence-corrected chi connectivity index (χ3v) is 2.57. The van der Waals surface area contributed by atoms with Crippen LogP contribution in [0, 0.1) is 0 Å². The van der Waals surface area contributed by atoms with Crippen molar-refractivity contribution in [3.05, 3.63) is 48.5 Å². The van der Waals surface area contributed by atoms with Crippen molar-refractivity contribution in [1.82, 2.24) is 4.98 Å². The Morgan fingerprint density at radius 2 is 1.62 bits per heavy atom. The van der Waals surface area contributed by atoms with Gasteiger partial charge in [0.25, 0.3) is 0 Å². The van der Waals surface area contributed by atoms with Crippen LogP contribution >= 0.6 is 0 Å². The SMILES string of the molecule is CC(C)(C)Nc1cccc(OCCOc2ccccc2)n1. The molecule has 0 saturated heterocycles. The highest BCUT2D eigenvalue weighted by Crippen LogP contribution is 2.16. The van der Waals surface area contributed by atoms with Crippen molar-refractivity contribution in [3.8, 4) is 11.6 Å². The van der Waals surface area contributed by atoms with E-state index in [1.165, 1.54) is 0 Å². The first-order valence-electron chi connectivity index (χ1n) is 7.09. The molecule has 1 heterocycles. The fourth-order valence-corrected chi connectivity index (χ4v) is 1.77. The lowest BCUT2D eigenvalue weighted by Crippen LogP contribution is -2.26. The van der Waals surface area contributed by atoms with Crippen molar-refractivity contribution in [3.63, 3.8) is 0 Å². The zero-order chi connectivity index (χ0) is 15.1. The van der Waals surface area contributed by atoms with Gasteiger partial charge in [-0.1, -0.05) is 24.3 Å². The van der Waals surface area contributed by atoms with Gasteiger partial charge in [-0.05, 0) is 39.0 Å². The van der Waals surface area contributed by atoms with E-state index in [1.54, 1.807) is 0 Å². The fourth-order valence-electron chi connectivity index (χ4n) is 1.77. The molecule has 0 atom stereocenters. The van der Waals surface area contributed by atoms with Crippen LogP contribution in [0.2, 0.25) is 0 Å². The van der Waals surface area contributed by atoms with Crippen LogP contribution in [0.15, 0.2) is 48.5 Å². The molecule has 1 N–H and O–H groups in total. The lowest BCUT2D eigenvalue weighted by molar-refractivity contribution is 0.212. The molecule has 0 bridgehead atoms. The molecule has 0 aliphatic heterocycles. The van der Waals surface area contributed by atoms with Crippen molar-refractivity contribution < 1.29 is 9.47 Å². The van der Waals surface area contributed by atoms with Crippen LogP contribution in [0.3, 0.4) is 0 Å². The van der Waals surface area contributed by atoms with Gasteiger partial charge in [0.1, 0.15) is 24.8 Å². The minimum Gasteiger partial charge on any atom is -0.490 e. The molecule has 0 spiro atoms. The van der Waals surface area contributed by atoms with E-state index in [1.807, 2.05) is 48.5 Å². The van der Waals surface area contributed by atoms with Gasteiger partial charge in [-0.3, -0.25) is 0 Å². The monoisotopic (exact) mass is 286 g/mol. The number of nitrogens with one attached hydrogen (secondary N) is 1. The van der Waals surface area contributed by atoms with Crippen LogP contribution in [-0.2, 0) is 0 Å². The van der Waals surface area contributed by atoms with E-state index in [0.29, 0.717) is 19.1 Å². The second-order valence-electron chi connectivity index (χ2n) is 5.75. The molecule has 112 valence electrons. The highest BCUT2D eigenvalue weighted by atomic mass is 16.5. The third kappa shape index (κ3) is 5.73. The molecule has 0 fully saturated rings. The highest BCUT2D eigenvalue weighted by molar-refractivity contribution is 5.39. The zero-order valence-corrected chi connectivity index (χ0v) is 12.8. The lowest BCUT2D eigenvalue weighted by Gasteiger charge is -2.21. The molecule has 0 radical (unpaired) electrons. The number of para-hydroxylation sites is 1. The molecule has 0 aliphatic rings. The zero-order valence-electron chi connectivity index (χ0n) is 12.8. The number of aromatic nitrogens is 1. The summed E-state index contributed by atoms with van der Waals surface area (Å²) in [5, 5.41) is 3.32. The van der Waals surface area contributed by atoms with Gasteiger partial charge in [0.05, 0.1) is 0 Å². The first-order valence-corrected chi connectivity index (χ1v) is 7.09. The first kappa shape index (κ1) is 15.2. The van der Waals surface area contributed by atoms with Crippen molar-refractivity contribution in [1.29, 1.82) is 0 Å². The Kier molecular flexibility index (Phi) is 5.04. The predicted molar refractivity (Wildman–Crippen MR) is 85.0 cm³/mol. The molecule has 2 rings (SSSR count). The molecule has 2 aromatic rings. The smallest absolute Gasteiger partial charge is 0.215 e. The first-order chi connectivity index (χ1) is 10.0. The molecule has 1 aromatic carbocycles. The van der Waals surface area contributed by atoms with Crippen LogP contribution in [-0.4, -0.2) is 23.7 Å². The van der Waals surface area contributed by atoms with Crippen molar-refractivity contribution in [2.75, 3.05) is 18.5 Å². The number of pyridine rings is 1. The highest BCUT2D eigenvalue weighted by Gasteiger charge is 2.10. The maximum atomic E-state index is 5.61. The Labute approximate surface area is 126 Å². The molecule has 21 heavy (non-hydrogen) atoms. The van der Waals surface area contributed by atoms with Gasteiger partial charge in [-0.25, -0.2) is 0 Å². The number of ether oxygens (including phenoxy) is 2. The predicted octanol–water partition coefficient (Wildman–Crippen LogP) is 3.75. The summed E-state index contributed by atoms with van der Waals surface area (Å²) >= 11 is 0. The van der Waals surface area contributed by atoms with Crippen molar-refractivity contribution in [2.24, 2.45) is 0 Å². The van der Waals surface area contributed by atoms with E-state index >= 15 is 0 Å². The summed E-state index contributed by atoms with van der Waals surface area (Å²) < 4.78 is 11.2. The minimum absolute atomic E-state index is 0.0258. The second-order valence-corrected chi connectivity index (χ2v) is 5.75. The Balaban J connectivity index is 1.79. The number of hydrogen-bond donors (Lipinski definition) is 1. The quantitative estimate of drug-likeness (QED) is 0.821. The topological polar surface area (TPSA) is 43.4 Å². The number of rotatable bonds is 6. The van der Waals surface area contributed by atoms with Crippen LogP contribution in [0.1, 0.15) is 20.8 Å². The molecule has 0 aliphatic carbocycles. The molecule has 1 aromatic heterocycles. The summed E-state index contributed by atoms with van der Waals surface area (Å²) in [4.78, 5) is 4.41. The van der Waals surface area contributed by atoms with Crippen LogP contribution in [0.25, 0.3) is 0 Å². The maximum Gasteiger partial charge on any atom is 0.215 e. The summed E-state index contributed by atoms with van der Waals surface area (Å²) in [5.41, 5.74) is -0.0258. The summed E-state index contributed by atoms with van der Waals surface area (Å²) in [6, 6.07) is 15.4. The Morgan fingerprint density at radius 1 is 0.905 bits per heavy atom. The summed E-state index contributed by atoms with van der Waals surface area (Å²) in [5.74, 6) is 2.25. The van der Waals surface area contributed by atoms with Gasteiger partial charge >= 0.3 is 0 Å². The molecule has 0 unspecified atom stereocenters. The molecular formula is C17H22N2O2. The molecule has 4 heteroatoms. The van der Waals surface area contributed by atoms with E-state index in [2.05, 4.69) is 31.1 Å². The number of benzene rings is 1. The number of nitrogens with zero attached hydrogens (tertiary/aromatic N) is 1. The molecule has 0 amide bonds. The van der Waals surface area contributed by atoms with Crippen LogP contribution in [0.5, 0.6) is 11.6 Å². The van der Waals surface area contributed by atoms with Crippen LogP contribution < -0.4 is 14.8 Å². The largest absolute Gasteiger partial charge is 0.490 e. The fraction of sp³-hybridized carbons (Fsp3) is 0.353. The van der Waals surface area contributed by atoms with Crippen molar-refractivity contribution >= 4 is 5.82 Å². The van der Waals surface area contributed by atoms with Gasteiger partial charge in [0.2, 0.25) is 5.88 Å². The molecule has 0 saturated carbocycles. The van der Waals surface area contributed by atoms with E-state index in [-0.39, 0.29) is 5.54 Å². The Bertz CT molecular complexity index is 550. The van der Waals surface area contributed by atoms with Gasteiger partial charge in [0, 0.05) is 11.6 Å². The Morgan fingerprint density at radius 3 is 2.33 bits per heavy atom. The van der Waals surface area contributed by atoms with Gasteiger partial charge < -0.3 is 14.8 Å². The van der Waals surface area contributed by atoms with Crippen molar-refractivity contribution in [2.45, 2.75) is 26.3 Å². The molecule has 4 nitrogen and oxygen atoms in total. The summed E-state index contributed by atoms with van der Waals surface area (Å²) in [6.07, 6.45) is 0. The average molecular weight is 286 g/mol. The summed E-state index contributed by atoms with van der Waals surface area (Å²) in [6.45, 7) is 7.23. The minimum atomic E-state index is -0.0258. The standard InChI is InChI=1S/C17H22N2O2/c1-17(2,3)19-15-10-7-11-16(18-15)21-13-12-20-14-8-5-4-6-9-14/h4-11H,12-13H2,1-3H3,(H,18,19). The third-order valence-electron chi connectivity index (χ3n) is 2.57. The van der Waals surface area contributed by atoms with Gasteiger partial charge in [0.15, 0.2) is 0 Å². The average Bonchev–Trinajstić information content (AvgIpc) is 2.43. The maximum absolute atomic E-state index is 5.61. The lowest BCUT2D eigenvalue weighted by atomic mass is 10.1. The van der Waals surface area contributed by atoms with E-state index in [0.717, 1.165) is 11.6 Å². The van der Waals surface area contributed by atoms with E-state index < -0.39 is 0 Å². The normalized spacial score (nSPS) is 11.0. The number of hydrogen-bond acceptors (Lipinski definition) is 4. The summed E-state index contributed by atoms with van der Waals surface area (Å²) in [7, 11) is 0. The van der Waals surface area contributed by atoms with Crippen LogP contribution in [0.4, 0.5) is 5.82 Å². The second kappa shape index (κ2) is 6.97. The molecular weight excluding hydrogens is 264 g/mol. The van der Waals surface area contributed by atoms with Gasteiger partial charge in [-0.2, -0.15) is 4.98 Å².